The van der Waals surface area contributed by atoms with E-state index in [0.717, 1.165) is 4.90 Å². The van der Waals surface area contributed by atoms with Crippen LogP contribution >= 0.6 is 35.0 Å². The van der Waals surface area contributed by atoms with Gasteiger partial charge in [0.05, 0.1) is 12.2 Å². The van der Waals surface area contributed by atoms with E-state index < -0.39 is 5.97 Å². The zero-order chi connectivity index (χ0) is 19.8. The fourth-order valence-corrected chi connectivity index (χ4v) is 3.36. The molecule has 0 fully saturated rings. The van der Waals surface area contributed by atoms with Crippen LogP contribution in [0.2, 0.25) is 10.0 Å². The first-order chi connectivity index (χ1) is 12.8. The molecule has 2 rings (SSSR count). The van der Waals surface area contributed by atoms with Crippen LogP contribution < -0.4 is 10.6 Å². The lowest BCUT2D eigenvalue weighted by Gasteiger charge is -2.08. The first-order valence-electron chi connectivity index (χ1n) is 7.82. The molecule has 2 aromatic carbocycles. The molecule has 0 spiro atoms. The summed E-state index contributed by atoms with van der Waals surface area (Å²) in [4.78, 5) is 35.0. The molecule has 0 atom stereocenters. The van der Waals surface area contributed by atoms with Gasteiger partial charge in [0.15, 0.2) is 0 Å². The summed E-state index contributed by atoms with van der Waals surface area (Å²) in [5, 5.41) is 14.8. The number of rotatable bonds is 8. The molecule has 27 heavy (non-hydrogen) atoms. The van der Waals surface area contributed by atoms with Crippen LogP contribution in [0.3, 0.4) is 0 Å². The Morgan fingerprint density at radius 1 is 0.889 bits per heavy atom. The number of thioether (sulfide) groups is 1. The lowest BCUT2D eigenvalue weighted by atomic mass is 10.2. The molecule has 0 bridgehead atoms. The van der Waals surface area contributed by atoms with Gasteiger partial charge in [0.2, 0.25) is 11.8 Å². The maximum absolute atomic E-state index is 12.1. The van der Waals surface area contributed by atoms with Crippen molar-refractivity contribution in [2.45, 2.75) is 17.7 Å². The Hall–Kier alpha value is -2.22. The molecule has 0 aliphatic rings. The Labute approximate surface area is 170 Å². The highest BCUT2D eigenvalue weighted by molar-refractivity contribution is 8.00. The van der Waals surface area contributed by atoms with Gasteiger partial charge in [0, 0.05) is 32.7 Å². The number of hydrogen-bond acceptors (Lipinski definition) is 4. The van der Waals surface area contributed by atoms with E-state index >= 15 is 0 Å². The van der Waals surface area contributed by atoms with Gasteiger partial charge in [-0.1, -0.05) is 29.3 Å². The minimum absolute atomic E-state index is 0.0999. The summed E-state index contributed by atoms with van der Waals surface area (Å²) in [6, 6.07) is 11.7. The molecular weight excluding hydrogens is 411 g/mol. The quantitative estimate of drug-likeness (QED) is 0.538. The van der Waals surface area contributed by atoms with Gasteiger partial charge in [-0.2, -0.15) is 0 Å². The lowest BCUT2D eigenvalue weighted by Crippen LogP contribution is -2.14. The van der Waals surface area contributed by atoms with Gasteiger partial charge in [-0.3, -0.25) is 14.4 Å². The van der Waals surface area contributed by atoms with Gasteiger partial charge in [0.25, 0.3) is 0 Å². The number of carboxylic acid groups (broad SMARTS) is 1. The molecule has 0 aliphatic heterocycles. The fourth-order valence-electron chi connectivity index (χ4n) is 2.08. The highest BCUT2D eigenvalue weighted by atomic mass is 35.5. The van der Waals surface area contributed by atoms with Crippen LogP contribution in [0, 0.1) is 0 Å². The molecule has 2 aromatic rings. The molecule has 3 N–H and O–H groups in total. The van der Waals surface area contributed by atoms with E-state index in [-0.39, 0.29) is 30.4 Å². The monoisotopic (exact) mass is 426 g/mol. The normalized spacial score (nSPS) is 10.3. The van der Waals surface area contributed by atoms with E-state index in [9.17, 15) is 14.4 Å². The first kappa shape index (κ1) is 21.1. The number of carbonyl (C=O) groups excluding carboxylic acids is 2. The van der Waals surface area contributed by atoms with Gasteiger partial charge >= 0.3 is 5.97 Å². The molecular formula is C18H16Cl2N2O4S. The van der Waals surface area contributed by atoms with Gasteiger partial charge in [-0.25, -0.2) is 0 Å². The van der Waals surface area contributed by atoms with Crippen LogP contribution in [-0.2, 0) is 14.4 Å². The summed E-state index contributed by atoms with van der Waals surface area (Å²) in [7, 11) is 0. The van der Waals surface area contributed by atoms with Gasteiger partial charge in [-0.05, 0) is 36.4 Å². The van der Waals surface area contributed by atoms with Gasteiger partial charge in [0.1, 0.15) is 0 Å². The number of anilines is 2. The van der Waals surface area contributed by atoms with E-state index in [2.05, 4.69) is 10.6 Å². The number of amides is 2. The molecule has 2 amide bonds. The summed E-state index contributed by atoms with van der Waals surface area (Å²) in [5.74, 6) is -1.48. The summed E-state index contributed by atoms with van der Waals surface area (Å²) in [6.45, 7) is 0. The molecule has 0 aliphatic carbocycles. The summed E-state index contributed by atoms with van der Waals surface area (Å²) >= 11 is 13.1. The molecule has 0 saturated heterocycles. The largest absolute Gasteiger partial charge is 0.481 e. The van der Waals surface area contributed by atoms with Crippen molar-refractivity contribution in [2.75, 3.05) is 16.4 Å². The van der Waals surface area contributed by atoms with Gasteiger partial charge in [-0.15, -0.1) is 11.8 Å². The predicted molar refractivity (Wildman–Crippen MR) is 108 cm³/mol. The molecule has 142 valence electrons. The smallest absolute Gasteiger partial charge is 0.303 e. The molecule has 0 aromatic heterocycles. The van der Waals surface area contributed by atoms with Crippen molar-refractivity contribution in [2.24, 2.45) is 0 Å². The third kappa shape index (κ3) is 7.90. The van der Waals surface area contributed by atoms with Crippen LogP contribution in [0.25, 0.3) is 0 Å². The molecule has 0 unspecified atom stereocenters. The highest BCUT2D eigenvalue weighted by Crippen LogP contribution is 2.24. The molecule has 0 heterocycles. The average Bonchev–Trinajstić information content (AvgIpc) is 2.57. The minimum atomic E-state index is -1.03. The lowest BCUT2D eigenvalue weighted by molar-refractivity contribution is -0.138. The Kier molecular flexibility index (Phi) is 7.97. The van der Waals surface area contributed by atoms with Gasteiger partial charge < -0.3 is 15.7 Å². The van der Waals surface area contributed by atoms with Crippen LogP contribution in [0.5, 0.6) is 0 Å². The van der Waals surface area contributed by atoms with Crippen LogP contribution in [0.1, 0.15) is 12.8 Å². The second-order valence-electron chi connectivity index (χ2n) is 5.46. The molecule has 0 saturated carbocycles. The molecule has 6 nitrogen and oxygen atoms in total. The second kappa shape index (κ2) is 10.2. The van der Waals surface area contributed by atoms with Crippen molar-refractivity contribution < 1.29 is 19.5 Å². The van der Waals surface area contributed by atoms with Crippen molar-refractivity contribution in [3.05, 3.63) is 52.5 Å². The third-order valence-electron chi connectivity index (χ3n) is 3.20. The number of hydrogen-bond donors (Lipinski definition) is 3. The zero-order valence-corrected chi connectivity index (χ0v) is 16.3. The maximum Gasteiger partial charge on any atom is 0.303 e. The number of halogens is 2. The zero-order valence-electron chi connectivity index (χ0n) is 14.0. The maximum atomic E-state index is 12.1. The Bertz CT molecular complexity index is 841. The predicted octanol–water partition coefficient (Wildman–Crippen LogP) is 4.53. The first-order valence-corrected chi connectivity index (χ1v) is 9.56. The van der Waals surface area contributed by atoms with E-state index in [1.54, 1.807) is 42.5 Å². The van der Waals surface area contributed by atoms with Crippen LogP contribution in [-0.4, -0.2) is 28.6 Å². The van der Waals surface area contributed by atoms with Crippen molar-refractivity contribution in [3.63, 3.8) is 0 Å². The SMILES string of the molecule is O=C(O)CCC(=O)Nc1cccc(SCC(=O)Nc2cc(Cl)cc(Cl)c2)c1. The van der Waals surface area contributed by atoms with E-state index in [0.29, 0.717) is 21.4 Å². The topological polar surface area (TPSA) is 95.5 Å². The Morgan fingerprint density at radius 2 is 1.56 bits per heavy atom. The van der Waals surface area contributed by atoms with Crippen molar-refractivity contribution in [1.29, 1.82) is 0 Å². The van der Waals surface area contributed by atoms with Crippen molar-refractivity contribution in [1.82, 2.24) is 0 Å². The fraction of sp³-hybridized carbons (Fsp3) is 0.167. The number of nitrogens with one attached hydrogen (secondary N) is 2. The van der Waals surface area contributed by atoms with E-state index in [1.807, 2.05) is 0 Å². The third-order valence-corrected chi connectivity index (χ3v) is 4.63. The van der Waals surface area contributed by atoms with Crippen LogP contribution in [0.4, 0.5) is 11.4 Å². The summed E-state index contributed by atoms with van der Waals surface area (Å²) in [6.07, 6.45) is -0.328. The number of carboxylic acids is 1. The van der Waals surface area contributed by atoms with E-state index in [1.165, 1.54) is 11.8 Å². The van der Waals surface area contributed by atoms with E-state index in [4.69, 9.17) is 28.3 Å². The minimum Gasteiger partial charge on any atom is -0.481 e. The van der Waals surface area contributed by atoms with Crippen LogP contribution in [0.15, 0.2) is 47.4 Å². The molecule has 0 radical (unpaired) electrons. The summed E-state index contributed by atoms with van der Waals surface area (Å²) < 4.78 is 0. The van der Waals surface area contributed by atoms with Crippen molar-refractivity contribution in [3.8, 4) is 0 Å². The van der Waals surface area contributed by atoms with Crippen molar-refractivity contribution >= 4 is 64.1 Å². The second-order valence-corrected chi connectivity index (χ2v) is 7.39. The summed E-state index contributed by atoms with van der Waals surface area (Å²) in [5.41, 5.74) is 1.05. The Morgan fingerprint density at radius 3 is 2.22 bits per heavy atom. The number of carbonyl (C=O) groups is 3. The molecule has 9 heteroatoms. The Balaban J connectivity index is 1.87. The average molecular weight is 427 g/mol. The number of aliphatic carboxylic acids is 1. The highest BCUT2D eigenvalue weighted by Gasteiger charge is 2.08. The standard InChI is InChI=1S/C18H16Cl2N2O4S/c19-11-6-12(20)8-14(7-11)22-17(24)10-27-15-3-1-2-13(9-15)21-16(23)4-5-18(25)26/h1-3,6-9H,4-5,10H2,(H,21,23)(H,22,24)(H,25,26). The number of benzene rings is 2.